The molecule has 1 N–H and O–H groups in total. The summed E-state index contributed by atoms with van der Waals surface area (Å²) in [5, 5.41) is 2.92. The van der Waals surface area contributed by atoms with Crippen LogP contribution in [0.5, 0.6) is 5.75 Å². The highest BCUT2D eigenvalue weighted by molar-refractivity contribution is 5.70. The van der Waals surface area contributed by atoms with E-state index in [0.29, 0.717) is 6.54 Å². The predicted octanol–water partition coefficient (Wildman–Crippen LogP) is 3.66. The first-order valence-corrected chi connectivity index (χ1v) is 6.78. The maximum Gasteiger partial charge on any atom is 0.414 e. The van der Waals surface area contributed by atoms with Gasteiger partial charge in [0, 0.05) is 33.7 Å². The van der Waals surface area contributed by atoms with Crippen LogP contribution in [0.25, 0.3) is 0 Å². The van der Waals surface area contributed by atoms with E-state index in [4.69, 9.17) is 4.74 Å². The normalized spacial score (nSPS) is 9.50. The predicted molar refractivity (Wildman–Crippen MR) is 81.6 cm³/mol. The monoisotopic (exact) mass is 286 g/mol. The molecule has 0 unspecified atom stereocenters. The van der Waals surface area contributed by atoms with E-state index in [1.165, 1.54) is 29.9 Å². The van der Waals surface area contributed by atoms with Crippen molar-refractivity contribution in [1.82, 2.24) is 10.2 Å². The van der Waals surface area contributed by atoms with Gasteiger partial charge in [0.05, 0.1) is 0 Å². The average Bonchev–Trinajstić information content (AvgIpc) is 2.42. The lowest BCUT2D eigenvalue weighted by atomic mass is 10.2. The van der Waals surface area contributed by atoms with Gasteiger partial charge in [-0.3, -0.25) is 0 Å². The van der Waals surface area contributed by atoms with Crippen LogP contribution in [0.4, 0.5) is 9.18 Å². The van der Waals surface area contributed by atoms with Crippen molar-refractivity contribution in [2.75, 3.05) is 21.1 Å². The largest absolute Gasteiger partial charge is 0.414 e. The lowest BCUT2D eigenvalue weighted by molar-refractivity contribution is 0.171. The third-order valence-corrected chi connectivity index (χ3v) is 2.46. The molecule has 1 aromatic rings. The first-order chi connectivity index (χ1) is 9.46. The smallest absolute Gasteiger partial charge is 0.410 e. The minimum absolute atomic E-state index is 0. The van der Waals surface area contributed by atoms with Gasteiger partial charge in [0.25, 0.3) is 0 Å². The van der Waals surface area contributed by atoms with Crippen molar-refractivity contribution in [2.24, 2.45) is 0 Å². The topological polar surface area (TPSA) is 41.6 Å². The summed E-state index contributed by atoms with van der Waals surface area (Å²) in [6, 6.07) is 4.12. The molecule has 5 heteroatoms. The van der Waals surface area contributed by atoms with Crippen LogP contribution in [-0.2, 0) is 6.54 Å². The Morgan fingerprint density at radius 3 is 2.40 bits per heavy atom. The van der Waals surface area contributed by atoms with E-state index >= 15 is 0 Å². The van der Waals surface area contributed by atoms with Gasteiger partial charge >= 0.3 is 6.09 Å². The number of hydrogen-bond donors (Lipinski definition) is 1. The van der Waals surface area contributed by atoms with E-state index in [2.05, 4.69) is 19.2 Å². The second kappa shape index (κ2) is 10.2. The molecule has 1 rings (SSSR count). The Labute approximate surface area is 122 Å². The lowest BCUT2D eigenvalue weighted by Gasteiger charge is -2.13. The van der Waals surface area contributed by atoms with Gasteiger partial charge in [0.15, 0.2) is 0 Å². The van der Waals surface area contributed by atoms with Crippen LogP contribution in [0.2, 0.25) is 0 Å². The second-order valence-electron chi connectivity index (χ2n) is 4.54. The Kier molecular flexibility index (Phi) is 9.38. The standard InChI is InChI=1S/C11H15FN2O2.C4H10.H2/c1-13-7-8-4-5-9(12)6-10(8)16-11(15)14(2)3;1-3-4-2;/h4-6,13H,7H2,1-3H3;3-4H2,1-2H3;1H. The van der Waals surface area contributed by atoms with E-state index in [0.717, 1.165) is 5.56 Å². The zero-order chi connectivity index (χ0) is 15.5. The molecule has 0 saturated carbocycles. The highest BCUT2D eigenvalue weighted by Gasteiger charge is 2.11. The lowest BCUT2D eigenvalue weighted by Crippen LogP contribution is -2.26. The third-order valence-electron chi connectivity index (χ3n) is 2.46. The number of benzene rings is 1. The van der Waals surface area contributed by atoms with Crippen molar-refractivity contribution in [2.45, 2.75) is 33.2 Å². The van der Waals surface area contributed by atoms with Crippen LogP contribution in [-0.4, -0.2) is 32.1 Å². The van der Waals surface area contributed by atoms with Crippen LogP contribution in [0.3, 0.4) is 0 Å². The maximum absolute atomic E-state index is 13.0. The Hall–Kier alpha value is -1.62. The highest BCUT2D eigenvalue weighted by Crippen LogP contribution is 2.20. The van der Waals surface area contributed by atoms with Gasteiger partial charge in [0.1, 0.15) is 11.6 Å². The van der Waals surface area contributed by atoms with E-state index in [-0.39, 0.29) is 7.18 Å². The van der Waals surface area contributed by atoms with Crippen LogP contribution in [0.1, 0.15) is 33.7 Å². The van der Waals surface area contributed by atoms with Gasteiger partial charge in [0.2, 0.25) is 0 Å². The number of hydrogen-bond acceptors (Lipinski definition) is 3. The quantitative estimate of drug-likeness (QED) is 0.918. The molecule has 0 atom stereocenters. The molecule has 0 aliphatic heterocycles. The van der Waals surface area contributed by atoms with E-state index in [9.17, 15) is 9.18 Å². The molecule has 20 heavy (non-hydrogen) atoms. The van der Waals surface area contributed by atoms with Gasteiger partial charge in [-0.2, -0.15) is 0 Å². The molecule has 0 spiro atoms. The SMILES string of the molecule is CCCC.CNCc1ccc(F)cc1OC(=O)N(C)C.[HH]. The van der Waals surface area contributed by atoms with E-state index in [1.807, 2.05) is 0 Å². The number of amides is 1. The molecule has 0 aliphatic rings. The number of ether oxygens (including phenoxy) is 1. The van der Waals surface area contributed by atoms with Crippen molar-refractivity contribution in [3.8, 4) is 5.75 Å². The van der Waals surface area contributed by atoms with Crippen LogP contribution < -0.4 is 10.1 Å². The molecule has 1 aromatic carbocycles. The summed E-state index contributed by atoms with van der Waals surface area (Å²) < 4.78 is 18.1. The van der Waals surface area contributed by atoms with Gasteiger partial charge in [-0.15, -0.1) is 0 Å². The summed E-state index contributed by atoms with van der Waals surface area (Å²) in [4.78, 5) is 12.6. The molecule has 0 heterocycles. The fourth-order valence-electron chi connectivity index (χ4n) is 1.15. The molecule has 116 valence electrons. The van der Waals surface area contributed by atoms with Gasteiger partial charge in [-0.1, -0.05) is 32.8 Å². The summed E-state index contributed by atoms with van der Waals surface area (Å²) in [5.41, 5.74) is 0.735. The number of carbonyl (C=O) groups is 1. The number of nitrogens with one attached hydrogen (secondary N) is 1. The van der Waals surface area contributed by atoms with Crippen molar-refractivity contribution < 1.29 is 15.3 Å². The average molecular weight is 286 g/mol. The molecule has 0 aliphatic carbocycles. The summed E-state index contributed by atoms with van der Waals surface area (Å²) in [6.07, 6.45) is 2.11. The molecule has 0 radical (unpaired) electrons. The zero-order valence-electron chi connectivity index (χ0n) is 13.0. The van der Waals surface area contributed by atoms with Crippen LogP contribution in [0.15, 0.2) is 18.2 Å². The Morgan fingerprint density at radius 1 is 1.35 bits per heavy atom. The number of rotatable bonds is 4. The fourth-order valence-corrected chi connectivity index (χ4v) is 1.15. The molecule has 0 fully saturated rings. The summed E-state index contributed by atoms with van der Waals surface area (Å²) in [6.45, 7) is 4.87. The number of carbonyl (C=O) groups excluding carboxylic acids is 1. The molecular formula is C15H27FN2O2. The van der Waals surface area contributed by atoms with Crippen molar-refractivity contribution in [1.29, 1.82) is 0 Å². The van der Waals surface area contributed by atoms with Gasteiger partial charge < -0.3 is 15.0 Å². The summed E-state index contributed by atoms with van der Waals surface area (Å²) in [5.74, 6) is -0.186. The van der Waals surface area contributed by atoms with Crippen molar-refractivity contribution in [3.63, 3.8) is 0 Å². The molecule has 0 saturated heterocycles. The van der Waals surface area contributed by atoms with Gasteiger partial charge in [-0.05, 0) is 13.1 Å². The van der Waals surface area contributed by atoms with Crippen LogP contribution in [0, 0.1) is 5.82 Å². The first-order valence-electron chi connectivity index (χ1n) is 6.78. The molecule has 1 amide bonds. The molecular weight excluding hydrogens is 259 g/mol. The Balaban J connectivity index is 0. The molecule has 0 aromatic heterocycles. The molecule has 0 bridgehead atoms. The number of halogens is 1. The van der Waals surface area contributed by atoms with Crippen molar-refractivity contribution in [3.05, 3.63) is 29.6 Å². The minimum atomic E-state index is -0.525. The zero-order valence-corrected chi connectivity index (χ0v) is 13.0. The number of unbranched alkanes of at least 4 members (excludes halogenated alkanes) is 1. The third kappa shape index (κ3) is 7.09. The maximum atomic E-state index is 13.0. The number of nitrogens with zero attached hydrogens (tertiary/aromatic N) is 1. The Morgan fingerprint density at radius 2 is 1.95 bits per heavy atom. The van der Waals surface area contributed by atoms with E-state index < -0.39 is 11.9 Å². The second-order valence-corrected chi connectivity index (χ2v) is 4.54. The first kappa shape index (κ1) is 18.4. The van der Waals surface area contributed by atoms with Gasteiger partial charge in [-0.25, -0.2) is 9.18 Å². The van der Waals surface area contributed by atoms with E-state index in [1.54, 1.807) is 27.2 Å². The van der Waals surface area contributed by atoms with Crippen molar-refractivity contribution >= 4 is 6.09 Å². The summed E-state index contributed by atoms with van der Waals surface area (Å²) in [7, 11) is 4.90. The molecule has 4 nitrogen and oxygen atoms in total. The Bertz CT molecular complexity index is 413. The highest BCUT2D eigenvalue weighted by atomic mass is 19.1. The van der Waals surface area contributed by atoms with Crippen LogP contribution >= 0.6 is 0 Å². The summed E-state index contributed by atoms with van der Waals surface area (Å²) >= 11 is 0. The fraction of sp³-hybridized carbons (Fsp3) is 0.533. The minimum Gasteiger partial charge on any atom is -0.410 e.